The molecule has 0 radical (unpaired) electrons. The van der Waals surface area contributed by atoms with E-state index in [1.54, 1.807) is 25.1 Å². The molecule has 0 aromatic heterocycles. The van der Waals surface area contributed by atoms with Gasteiger partial charge in [-0.1, -0.05) is 12.1 Å². The molecule has 1 atom stereocenters. The quantitative estimate of drug-likeness (QED) is 0.612. The summed E-state index contributed by atoms with van der Waals surface area (Å²) in [7, 11) is -3.73. The molecule has 128 valence electrons. The molecule has 24 heavy (non-hydrogen) atoms. The molecular weight excluding hydrogens is 328 g/mol. The summed E-state index contributed by atoms with van der Waals surface area (Å²) in [5.41, 5.74) is 3.55. The molecule has 0 saturated heterocycles. The Bertz CT molecular complexity index is 876. The normalized spacial score (nSPS) is 18.0. The van der Waals surface area contributed by atoms with Crippen LogP contribution in [0, 0.1) is 6.92 Å². The standard InChI is InChI=1S/C17H20N2O4S/c1-10-13-6-7-19-9-15(14(13)8-16(20)17(10)21)11-2-4-12(5-3-11)24(18,22)23/h2-5,8,15,19-21H,6-7,9H2,1H3,(H2,18,22,23). The Kier molecular flexibility index (Phi) is 4.25. The Balaban J connectivity index is 2.10. The van der Waals surface area contributed by atoms with Crippen molar-refractivity contribution in [3.05, 3.63) is 52.6 Å². The molecule has 2 aromatic carbocycles. The van der Waals surface area contributed by atoms with Crippen LogP contribution in [0.5, 0.6) is 11.5 Å². The molecule has 3 rings (SSSR count). The molecule has 1 aliphatic heterocycles. The van der Waals surface area contributed by atoms with Crippen LogP contribution < -0.4 is 10.5 Å². The van der Waals surface area contributed by atoms with Gasteiger partial charge < -0.3 is 15.5 Å². The molecule has 0 spiro atoms. The molecule has 0 bridgehead atoms. The number of sulfonamides is 1. The summed E-state index contributed by atoms with van der Waals surface area (Å²) in [6, 6.07) is 8.05. The lowest BCUT2D eigenvalue weighted by Gasteiger charge is -2.21. The molecule has 0 saturated carbocycles. The Morgan fingerprint density at radius 1 is 1.21 bits per heavy atom. The number of hydrogen-bond donors (Lipinski definition) is 4. The number of aromatic hydroxyl groups is 2. The van der Waals surface area contributed by atoms with Crippen LogP contribution in [-0.2, 0) is 16.4 Å². The first-order chi connectivity index (χ1) is 11.3. The summed E-state index contributed by atoms with van der Waals surface area (Å²) in [6.07, 6.45) is 0.751. The van der Waals surface area contributed by atoms with Crippen LogP contribution in [0.15, 0.2) is 35.2 Å². The molecule has 1 heterocycles. The number of nitrogens with two attached hydrogens (primary N) is 1. The van der Waals surface area contributed by atoms with E-state index in [9.17, 15) is 18.6 Å². The minimum absolute atomic E-state index is 0.0535. The first-order valence-corrected chi connectivity index (χ1v) is 9.21. The monoisotopic (exact) mass is 348 g/mol. The van der Waals surface area contributed by atoms with Gasteiger partial charge in [0.05, 0.1) is 4.90 Å². The predicted molar refractivity (Wildman–Crippen MR) is 90.7 cm³/mol. The van der Waals surface area contributed by atoms with E-state index in [1.807, 2.05) is 0 Å². The largest absolute Gasteiger partial charge is 0.504 e. The average Bonchev–Trinajstić information content (AvgIpc) is 2.74. The van der Waals surface area contributed by atoms with Crippen LogP contribution in [-0.4, -0.2) is 31.7 Å². The third kappa shape index (κ3) is 2.98. The van der Waals surface area contributed by atoms with E-state index in [1.165, 1.54) is 12.1 Å². The number of benzene rings is 2. The van der Waals surface area contributed by atoms with Crippen molar-refractivity contribution in [1.82, 2.24) is 5.32 Å². The fraction of sp³-hybridized carbons (Fsp3) is 0.294. The molecule has 5 N–H and O–H groups in total. The lowest BCUT2D eigenvalue weighted by molar-refractivity contribution is 0.399. The summed E-state index contributed by atoms with van der Waals surface area (Å²) in [5.74, 6) is -0.277. The lowest BCUT2D eigenvalue weighted by Crippen LogP contribution is -2.21. The molecule has 7 heteroatoms. The second kappa shape index (κ2) is 6.08. The first-order valence-electron chi connectivity index (χ1n) is 7.67. The maximum atomic E-state index is 11.4. The van der Waals surface area contributed by atoms with Crippen molar-refractivity contribution >= 4 is 10.0 Å². The van der Waals surface area contributed by atoms with Crippen molar-refractivity contribution in [2.24, 2.45) is 5.14 Å². The zero-order valence-corrected chi connectivity index (χ0v) is 14.1. The van der Waals surface area contributed by atoms with Gasteiger partial charge in [-0.2, -0.15) is 0 Å². The van der Waals surface area contributed by atoms with Gasteiger partial charge in [-0.25, -0.2) is 13.6 Å². The van der Waals surface area contributed by atoms with E-state index in [2.05, 4.69) is 5.32 Å². The van der Waals surface area contributed by atoms with Gasteiger partial charge in [0.25, 0.3) is 0 Å². The fourth-order valence-electron chi connectivity index (χ4n) is 3.25. The smallest absolute Gasteiger partial charge is 0.238 e. The number of hydrogen-bond acceptors (Lipinski definition) is 5. The van der Waals surface area contributed by atoms with Crippen molar-refractivity contribution in [3.63, 3.8) is 0 Å². The van der Waals surface area contributed by atoms with Crippen LogP contribution in [0.25, 0.3) is 0 Å². The van der Waals surface area contributed by atoms with E-state index < -0.39 is 10.0 Å². The minimum atomic E-state index is -3.73. The average molecular weight is 348 g/mol. The van der Waals surface area contributed by atoms with Gasteiger partial charge in [0.1, 0.15) is 0 Å². The van der Waals surface area contributed by atoms with Crippen LogP contribution in [0.1, 0.15) is 28.2 Å². The van der Waals surface area contributed by atoms with Gasteiger partial charge in [0.2, 0.25) is 10.0 Å². The SMILES string of the molecule is Cc1c(O)c(O)cc2c1CCNCC2c1ccc(S(N)(=O)=O)cc1. The highest BCUT2D eigenvalue weighted by Crippen LogP contribution is 2.39. The third-order valence-corrected chi connectivity index (χ3v) is 5.51. The maximum Gasteiger partial charge on any atom is 0.238 e. The van der Waals surface area contributed by atoms with Gasteiger partial charge in [0.15, 0.2) is 11.5 Å². The zero-order chi connectivity index (χ0) is 17.5. The molecule has 0 fully saturated rings. The summed E-state index contributed by atoms with van der Waals surface area (Å²) < 4.78 is 22.8. The van der Waals surface area contributed by atoms with E-state index >= 15 is 0 Å². The number of rotatable bonds is 2. The van der Waals surface area contributed by atoms with Crippen molar-refractivity contribution in [2.45, 2.75) is 24.2 Å². The second-order valence-corrected chi connectivity index (χ2v) is 7.62. The predicted octanol–water partition coefficient (Wildman–Crippen LogP) is 1.33. The summed E-state index contributed by atoms with van der Waals surface area (Å²) in [6.45, 7) is 3.22. The Morgan fingerprint density at radius 2 is 1.88 bits per heavy atom. The summed E-state index contributed by atoms with van der Waals surface area (Å²) >= 11 is 0. The molecule has 0 aliphatic carbocycles. The van der Waals surface area contributed by atoms with E-state index in [0.717, 1.165) is 29.7 Å². The number of nitrogens with one attached hydrogen (secondary N) is 1. The van der Waals surface area contributed by atoms with E-state index in [0.29, 0.717) is 12.1 Å². The summed E-state index contributed by atoms with van der Waals surface area (Å²) in [4.78, 5) is 0.0674. The molecule has 1 unspecified atom stereocenters. The van der Waals surface area contributed by atoms with Gasteiger partial charge in [-0.15, -0.1) is 0 Å². The summed E-state index contributed by atoms with van der Waals surface area (Å²) in [5, 5.41) is 28.5. The van der Waals surface area contributed by atoms with Crippen molar-refractivity contribution in [3.8, 4) is 11.5 Å². The van der Waals surface area contributed by atoms with Crippen LogP contribution in [0.2, 0.25) is 0 Å². The molecule has 1 aliphatic rings. The Hall–Kier alpha value is -2.09. The highest BCUT2D eigenvalue weighted by atomic mass is 32.2. The number of fused-ring (bicyclic) bond motifs is 1. The first kappa shape index (κ1) is 16.8. The molecule has 6 nitrogen and oxygen atoms in total. The lowest BCUT2D eigenvalue weighted by atomic mass is 9.86. The van der Waals surface area contributed by atoms with E-state index in [-0.39, 0.29) is 22.3 Å². The van der Waals surface area contributed by atoms with Gasteiger partial charge in [-0.05, 0) is 60.3 Å². The third-order valence-electron chi connectivity index (χ3n) is 4.58. The van der Waals surface area contributed by atoms with Crippen molar-refractivity contribution in [2.75, 3.05) is 13.1 Å². The van der Waals surface area contributed by atoms with Gasteiger partial charge >= 0.3 is 0 Å². The van der Waals surface area contributed by atoms with Crippen molar-refractivity contribution in [1.29, 1.82) is 0 Å². The van der Waals surface area contributed by atoms with Crippen molar-refractivity contribution < 1.29 is 18.6 Å². The van der Waals surface area contributed by atoms with Gasteiger partial charge in [-0.3, -0.25) is 0 Å². The van der Waals surface area contributed by atoms with Crippen LogP contribution >= 0.6 is 0 Å². The Labute approximate surface area is 141 Å². The highest BCUT2D eigenvalue weighted by molar-refractivity contribution is 7.89. The minimum Gasteiger partial charge on any atom is -0.504 e. The topological polar surface area (TPSA) is 113 Å². The zero-order valence-electron chi connectivity index (χ0n) is 13.3. The number of phenols is 2. The Morgan fingerprint density at radius 3 is 2.50 bits per heavy atom. The molecule has 0 amide bonds. The maximum absolute atomic E-state index is 11.4. The van der Waals surface area contributed by atoms with Crippen LogP contribution in [0.3, 0.4) is 0 Å². The number of phenolic OH excluding ortho intramolecular Hbond substituents is 2. The van der Waals surface area contributed by atoms with E-state index in [4.69, 9.17) is 5.14 Å². The van der Waals surface area contributed by atoms with Crippen LogP contribution in [0.4, 0.5) is 0 Å². The second-order valence-electron chi connectivity index (χ2n) is 6.06. The van der Waals surface area contributed by atoms with Gasteiger partial charge in [0, 0.05) is 12.5 Å². The molecule has 2 aromatic rings. The molecular formula is C17H20N2O4S. The fourth-order valence-corrected chi connectivity index (χ4v) is 3.77. The number of primary sulfonamides is 1. The highest BCUT2D eigenvalue weighted by Gasteiger charge is 2.24.